The van der Waals surface area contributed by atoms with Crippen molar-refractivity contribution < 1.29 is 19.1 Å². The third-order valence-electron chi connectivity index (χ3n) is 2.92. The molecule has 1 amide bonds. The van der Waals surface area contributed by atoms with Gasteiger partial charge in [-0.1, -0.05) is 48.6 Å². The van der Waals surface area contributed by atoms with E-state index in [0.29, 0.717) is 0 Å². The van der Waals surface area contributed by atoms with Gasteiger partial charge >= 0.3 is 5.97 Å². The van der Waals surface area contributed by atoms with Crippen LogP contribution in [0.1, 0.15) is 15.9 Å². The third-order valence-corrected chi connectivity index (χ3v) is 2.92. The van der Waals surface area contributed by atoms with Crippen LogP contribution in [0.2, 0.25) is 0 Å². The maximum atomic E-state index is 13.1. The zero-order chi connectivity index (χ0) is 16.7. The molecule has 0 aliphatic heterocycles. The summed E-state index contributed by atoms with van der Waals surface area (Å²) < 4.78 is 13.1. The van der Waals surface area contributed by atoms with E-state index in [4.69, 9.17) is 5.11 Å². The predicted octanol–water partition coefficient (Wildman–Crippen LogP) is 3.73. The Morgan fingerprint density at radius 2 is 1.78 bits per heavy atom. The highest BCUT2D eigenvalue weighted by Crippen LogP contribution is 2.17. The molecule has 0 aliphatic carbocycles. The van der Waals surface area contributed by atoms with Crippen molar-refractivity contribution in [1.29, 1.82) is 0 Å². The van der Waals surface area contributed by atoms with Crippen LogP contribution >= 0.6 is 0 Å². The number of carbonyl (C=O) groups excluding carboxylic acids is 1. The molecule has 5 heteroatoms. The number of rotatable bonds is 5. The number of carbonyl (C=O) groups is 2. The first kappa shape index (κ1) is 16.2. The number of halogens is 1. The van der Waals surface area contributed by atoms with Gasteiger partial charge in [-0.3, -0.25) is 4.79 Å². The van der Waals surface area contributed by atoms with Gasteiger partial charge in [0, 0.05) is 6.08 Å². The minimum Gasteiger partial charge on any atom is -0.478 e. The highest BCUT2D eigenvalue weighted by molar-refractivity contribution is 6.04. The monoisotopic (exact) mass is 311 g/mol. The van der Waals surface area contributed by atoms with Crippen molar-refractivity contribution in [3.63, 3.8) is 0 Å². The van der Waals surface area contributed by atoms with E-state index in [9.17, 15) is 14.0 Å². The molecular formula is C18H14FNO3. The van der Waals surface area contributed by atoms with Crippen LogP contribution in [0.5, 0.6) is 0 Å². The fourth-order valence-electron chi connectivity index (χ4n) is 1.85. The largest absolute Gasteiger partial charge is 0.478 e. The molecular weight excluding hydrogens is 297 g/mol. The summed E-state index contributed by atoms with van der Waals surface area (Å²) >= 11 is 0. The minimum atomic E-state index is -1.31. The Morgan fingerprint density at radius 1 is 1.04 bits per heavy atom. The smallest absolute Gasteiger partial charge is 0.337 e. The Morgan fingerprint density at radius 3 is 2.48 bits per heavy atom. The summed E-state index contributed by atoms with van der Waals surface area (Å²) in [5.74, 6) is -2.49. The number of nitrogens with one attached hydrogen (secondary N) is 1. The first-order chi connectivity index (χ1) is 11.1. The summed E-state index contributed by atoms with van der Waals surface area (Å²) in [4.78, 5) is 22.8. The molecule has 2 rings (SSSR count). The van der Waals surface area contributed by atoms with E-state index in [1.54, 1.807) is 6.08 Å². The van der Waals surface area contributed by atoms with Gasteiger partial charge in [0.15, 0.2) is 0 Å². The van der Waals surface area contributed by atoms with Gasteiger partial charge in [-0.15, -0.1) is 0 Å². The quantitative estimate of drug-likeness (QED) is 0.653. The standard InChI is InChI=1S/C18H14FNO3/c19-14-10-11-16(15(12-14)18(22)23)20-17(21)9-5-4-8-13-6-2-1-3-7-13/h1-12H,(H,20,21)(H,22,23). The maximum Gasteiger partial charge on any atom is 0.337 e. The molecule has 0 radical (unpaired) electrons. The zero-order valence-corrected chi connectivity index (χ0v) is 12.1. The van der Waals surface area contributed by atoms with E-state index < -0.39 is 17.7 Å². The summed E-state index contributed by atoms with van der Waals surface area (Å²) in [5.41, 5.74) is 0.733. The molecule has 0 fully saturated rings. The number of aromatic carboxylic acids is 1. The van der Waals surface area contributed by atoms with Gasteiger partial charge in [0.1, 0.15) is 5.82 Å². The topological polar surface area (TPSA) is 66.4 Å². The number of carboxylic acid groups (broad SMARTS) is 1. The number of anilines is 1. The number of amides is 1. The van der Waals surface area contributed by atoms with Crippen LogP contribution in [0.3, 0.4) is 0 Å². The van der Waals surface area contributed by atoms with E-state index in [1.165, 1.54) is 18.2 Å². The van der Waals surface area contributed by atoms with Crippen LogP contribution in [-0.4, -0.2) is 17.0 Å². The molecule has 2 aromatic carbocycles. The van der Waals surface area contributed by atoms with Crippen LogP contribution in [0, 0.1) is 5.82 Å². The van der Waals surface area contributed by atoms with Gasteiger partial charge in [-0.05, 0) is 23.8 Å². The van der Waals surface area contributed by atoms with Crippen molar-refractivity contribution >= 4 is 23.6 Å². The van der Waals surface area contributed by atoms with Crippen LogP contribution < -0.4 is 5.32 Å². The van der Waals surface area contributed by atoms with Crippen LogP contribution in [0.25, 0.3) is 6.08 Å². The first-order valence-corrected chi connectivity index (χ1v) is 6.80. The van der Waals surface area contributed by atoms with Crippen molar-refractivity contribution in [2.24, 2.45) is 0 Å². The van der Waals surface area contributed by atoms with Crippen LogP contribution in [0.4, 0.5) is 10.1 Å². The number of benzene rings is 2. The molecule has 0 saturated heterocycles. The number of allylic oxidation sites excluding steroid dienone is 2. The maximum absolute atomic E-state index is 13.1. The molecule has 0 heterocycles. The second-order valence-corrected chi connectivity index (χ2v) is 4.61. The summed E-state index contributed by atoms with van der Waals surface area (Å²) in [7, 11) is 0. The molecule has 2 aromatic rings. The lowest BCUT2D eigenvalue weighted by atomic mass is 10.1. The fourth-order valence-corrected chi connectivity index (χ4v) is 1.85. The Labute approximate surface area is 132 Å². The van der Waals surface area contributed by atoms with Crippen molar-refractivity contribution in [2.75, 3.05) is 5.32 Å². The van der Waals surface area contributed by atoms with Crippen molar-refractivity contribution in [3.8, 4) is 0 Å². The van der Waals surface area contributed by atoms with E-state index >= 15 is 0 Å². The molecule has 0 spiro atoms. The summed E-state index contributed by atoms with van der Waals surface area (Å²) in [6.07, 6.45) is 6.31. The molecule has 116 valence electrons. The molecule has 0 aromatic heterocycles. The highest BCUT2D eigenvalue weighted by Gasteiger charge is 2.12. The van der Waals surface area contributed by atoms with Crippen LogP contribution in [0.15, 0.2) is 66.8 Å². The Bertz CT molecular complexity index is 767. The normalized spacial score (nSPS) is 11.0. The molecule has 23 heavy (non-hydrogen) atoms. The number of carboxylic acids is 1. The van der Waals surface area contributed by atoms with Crippen molar-refractivity contribution in [2.45, 2.75) is 0 Å². The van der Waals surface area contributed by atoms with Gasteiger partial charge in [0.25, 0.3) is 0 Å². The molecule has 0 unspecified atom stereocenters. The van der Waals surface area contributed by atoms with Gasteiger partial charge in [0.05, 0.1) is 11.3 Å². The SMILES string of the molecule is O=C(C=CC=Cc1ccccc1)Nc1ccc(F)cc1C(=O)O. The summed E-state index contributed by atoms with van der Waals surface area (Å²) in [6, 6.07) is 12.7. The number of hydrogen-bond donors (Lipinski definition) is 2. The van der Waals surface area contributed by atoms with Gasteiger partial charge in [-0.25, -0.2) is 9.18 Å². The van der Waals surface area contributed by atoms with Gasteiger partial charge < -0.3 is 10.4 Å². The average Bonchev–Trinajstić information content (AvgIpc) is 2.54. The van der Waals surface area contributed by atoms with E-state index in [2.05, 4.69) is 5.32 Å². The molecule has 0 bridgehead atoms. The molecule has 2 N–H and O–H groups in total. The first-order valence-electron chi connectivity index (χ1n) is 6.80. The molecule has 0 atom stereocenters. The van der Waals surface area contributed by atoms with Gasteiger partial charge in [0.2, 0.25) is 5.91 Å². The van der Waals surface area contributed by atoms with E-state index in [-0.39, 0.29) is 11.3 Å². The van der Waals surface area contributed by atoms with Crippen molar-refractivity contribution in [3.05, 3.63) is 83.7 Å². The van der Waals surface area contributed by atoms with Gasteiger partial charge in [-0.2, -0.15) is 0 Å². The number of hydrogen-bond acceptors (Lipinski definition) is 2. The fraction of sp³-hybridized carbons (Fsp3) is 0. The second kappa shape index (κ2) is 7.70. The van der Waals surface area contributed by atoms with Crippen LogP contribution in [-0.2, 0) is 4.79 Å². The van der Waals surface area contributed by atoms with Crippen molar-refractivity contribution in [1.82, 2.24) is 0 Å². The summed E-state index contributed by atoms with van der Waals surface area (Å²) in [6.45, 7) is 0. The highest BCUT2D eigenvalue weighted by atomic mass is 19.1. The molecule has 4 nitrogen and oxygen atoms in total. The predicted molar refractivity (Wildman–Crippen MR) is 86.6 cm³/mol. The van der Waals surface area contributed by atoms with E-state index in [1.807, 2.05) is 36.4 Å². The summed E-state index contributed by atoms with van der Waals surface area (Å²) in [5, 5.41) is 11.4. The lowest BCUT2D eigenvalue weighted by Crippen LogP contribution is -2.12. The second-order valence-electron chi connectivity index (χ2n) is 4.61. The molecule has 0 aliphatic rings. The third kappa shape index (κ3) is 4.93. The average molecular weight is 311 g/mol. The minimum absolute atomic E-state index is 0.0422. The Balaban J connectivity index is 2.01. The lowest BCUT2D eigenvalue weighted by molar-refractivity contribution is -0.111. The van der Waals surface area contributed by atoms with E-state index in [0.717, 1.165) is 17.7 Å². The Kier molecular flexibility index (Phi) is 5.41. The lowest BCUT2D eigenvalue weighted by Gasteiger charge is -2.06. The molecule has 0 saturated carbocycles. The zero-order valence-electron chi connectivity index (χ0n) is 12.1. The Hall–Kier alpha value is -3.21.